The first kappa shape index (κ1) is 27.7. The second-order valence-corrected chi connectivity index (χ2v) is 7.12. The Hall–Kier alpha value is -2.37. The van der Waals surface area contributed by atoms with Crippen molar-refractivity contribution in [2.24, 2.45) is 5.10 Å². The Balaban J connectivity index is 0.00000249. The highest BCUT2D eigenvalue weighted by Gasteiger charge is 2.24. The Morgan fingerprint density at radius 3 is 2.72 bits per heavy atom. The number of ether oxygens (including phenoxy) is 1. The van der Waals surface area contributed by atoms with E-state index in [0.29, 0.717) is 18.1 Å². The third-order valence-corrected chi connectivity index (χ3v) is 5.12. The molecule has 5 nitrogen and oxygen atoms in total. The molecule has 0 bridgehead atoms. The number of nitrogens with zero attached hydrogens (tertiary/aromatic N) is 3. The first-order valence-electron chi connectivity index (χ1n) is 11.0. The zero-order chi connectivity index (χ0) is 23.8. The summed E-state index contributed by atoms with van der Waals surface area (Å²) in [5, 5.41) is 4.62. The molecule has 2 aliphatic rings. The zero-order valence-corrected chi connectivity index (χ0v) is 20.4. The topological polar surface area (TPSA) is 40.1 Å². The second-order valence-electron chi connectivity index (χ2n) is 6.76. The van der Waals surface area contributed by atoms with Crippen LogP contribution < -0.4 is 5.43 Å². The lowest BCUT2D eigenvalue weighted by Gasteiger charge is -2.40. The van der Waals surface area contributed by atoms with Gasteiger partial charge >= 0.3 is 0 Å². The third kappa shape index (κ3) is 9.41. The van der Waals surface area contributed by atoms with Crippen molar-refractivity contribution >= 4 is 16.8 Å². The summed E-state index contributed by atoms with van der Waals surface area (Å²) in [5.74, 6) is -0.342. The van der Waals surface area contributed by atoms with E-state index in [4.69, 9.17) is 16.3 Å². The molecule has 0 aromatic heterocycles. The maximum atomic E-state index is 13.2. The van der Waals surface area contributed by atoms with E-state index in [-0.39, 0.29) is 12.1 Å². The van der Waals surface area contributed by atoms with Crippen molar-refractivity contribution in [2.45, 2.75) is 33.4 Å². The molecule has 1 atom stereocenters. The van der Waals surface area contributed by atoms with Crippen LogP contribution in [0.15, 0.2) is 83.1 Å². The van der Waals surface area contributed by atoms with Crippen molar-refractivity contribution in [3.63, 3.8) is 0 Å². The number of piperazine rings is 1. The Bertz CT molecular complexity index is 799. The minimum atomic E-state index is -0.342. The summed E-state index contributed by atoms with van der Waals surface area (Å²) < 4.78 is 18.9. The molecule has 7 heteroatoms. The summed E-state index contributed by atoms with van der Waals surface area (Å²) in [6.45, 7) is 13.6. The number of hydrogen-bond donors (Lipinski definition) is 1. The van der Waals surface area contributed by atoms with Crippen molar-refractivity contribution in [3.8, 4) is 0 Å². The van der Waals surface area contributed by atoms with Gasteiger partial charge in [-0.25, -0.2) is 0 Å². The van der Waals surface area contributed by atoms with Crippen molar-refractivity contribution in [1.29, 1.82) is 0 Å². The average molecular weight is 463 g/mol. The van der Waals surface area contributed by atoms with Gasteiger partial charge in [0.1, 0.15) is 6.23 Å². The predicted octanol–water partition coefficient (Wildman–Crippen LogP) is 5.29. The van der Waals surface area contributed by atoms with Gasteiger partial charge in [-0.1, -0.05) is 68.1 Å². The molecule has 0 aromatic rings. The molecule has 0 spiro atoms. The number of nitrogens with one attached hydrogen (secondary N) is 1. The van der Waals surface area contributed by atoms with Gasteiger partial charge in [0.25, 0.3) is 0 Å². The molecule has 1 aliphatic heterocycles. The number of methoxy groups -OCH3 is 1. The highest BCUT2D eigenvalue weighted by Crippen LogP contribution is 2.17. The van der Waals surface area contributed by atoms with E-state index in [2.05, 4.69) is 32.6 Å². The molecule has 1 unspecified atom stereocenters. The maximum Gasteiger partial charge on any atom is 0.165 e. The van der Waals surface area contributed by atoms with Gasteiger partial charge in [-0.3, -0.25) is 4.90 Å². The summed E-state index contributed by atoms with van der Waals surface area (Å²) >= 11 is 6.27. The Kier molecular flexibility index (Phi) is 14.1. The minimum Gasteiger partial charge on any atom is -0.372 e. The molecule has 0 saturated carbocycles. The van der Waals surface area contributed by atoms with Crippen LogP contribution in [0.3, 0.4) is 0 Å². The standard InChI is InChI=1S/C23H30ClFN4O.C2H6/c1-4-8-19(9-5-2)23(24)27-26-18-22(30-3)29-16-14-28(15-17-29)21-12-6-10-20(25)11-7-13-21;1-2/h4-10,13,22,26H,1,12,14-18H2,2-3H3;1-2H3/b9-5-,10-6-,19-8+,21-13+,27-23+;. The molecule has 0 aromatic carbocycles. The van der Waals surface area contributed by atoms with Crippen LogP contribution in [0.2, 0.25) is 0 Å². The van der Waals surface area contributed by atoms with E-state index >= 15 is 0 Å². The first-order valence-corrected chi connectivity index (χ1v) is 11.4. The molecular formula is C25H36ClFN4O. The van der Waals surface area contributed by atoms with E-state index in [0.717, 1.165) is 31.8 Å². The van der Waals surface area contributed by atoms with Gasteiger partial charge in [-0.05, 0) is 25.2 Å². The fraction of sp³-hybridized carbons (Fsp3) is 0.440. The van der Waals surface area contributed by atoms with Crippen LogP contribution in [-0.4, -0.2) is 61.0 Å². The van der Waals surface area contributed by atoms with Crippen LogP contribution in [0, 0.1) is 0 Å². The van der Waals surface area contributed by atoms with Crippen LogP contribution in [-0.2, 0) is 4.74 Å². The van der Waals surface area contributed by atoms with Crippen LogP contribution in [0.1, 0.15) is 27.2 Å². The Labute approximate surface area is 197 Å². The van der Waals surface area contributed by atoms with Gasteiger partial charge in [0, 0.05) is 51.0 Å². The maximum absolute atomic E-state index is 13.2. The lowest BCUT2D eigenvalue weighted by atomic mass is 10.2. The quantitative estimate of drug-likeness (QED) is 0.219. The summed E-state index contributed by atoms with van der Waals surface area (Å²) in [4.78, 5) is 4.59. The summed E-state index contributed by atoms with van der Waals surface area (Å²) in [6, 6.07) is 0. The van der Waals surface area contributed by atoms with Gasteiger partial charge in [0.05, 0.1) is 6.54 Å². The van der Waals surface area contributed by atoms with Crippen molar-refractivity contribution in [3.05, 3.63) is 78.0 Å². The van der Waals surface area contributed by atoms with Gasteiger partial charge in [0.2, 0.25) is 0 Å². The normalized spacial score (nSPS) is 21.5. The molecular weight excluding hydrogens is 427 g/mol. The van der Waals surface area contributed by atoms with Gasteiger partial charge in [-0.2, -0.15) is 9.49 Å². The molecule has 1 aliphatic carbocycles. The van der Waals surface area contributed by atoms with E-state index in [1.54, 1.807) is 25.3 Å². The zero-order valence-electron chi connectivity index (χ0n) is 19.7. The van der Waals surface area contributed by atoms with Crippen LogP contribution >= 0.6 is 11.6 Å². The number of halogens is 2. The molecule has 0 radical (unpaired) electrons. The molecule has 1 N–H and O–H groups in total. The number of allylic oxidation sites excluding steroid dienone is 9. The highest BCUT2D eigenvalue weighted by molar-refractivity contribution is 6.70. The monoisotopic (exact) mass is 462 g/mol. The molecule has 176 valence electrons. The van der Waals surface area contributed by atoms with E-state index < -0.39 is 0 Å². The molecule has 1 saturated heterocycles. The van der Waals surface area contributed by atoms with Crippen molar-refractivity contribution in [1.82, 2.24) is 15.2 Å². The molecule has 2 rings (SSSR count). The number of hydrazone groups is 1. The van der Waals surface area contributed by atoms with Gasteiger partial charge in [-0.15, -0.1) is 0 Å². The lowest BCUT2D eigenvalue weighted by Crippen LogP contribution is -2.52. The summed E-state index contributed by atoms with van der Waals surface area (Å²) in [5.41, 5.74) is 7.58. The fourth-order valence-electron chi connectivity index (χ4n) is 3.27. The SMILES string of the molecule is C=C/C=C(\C=C/C)C(/Cl)=N\NCC(OC)N1CCN(/C2=C/C=C=C(F)/C=C\C2)CC1.CC. The van der Waals surface area contributed by atoms with E-state index in [9.17, 15) is 4.39 Å². The highest BCUT2D eigenvalue weighted by atomic mass is 35.5. The molecule has 1 fully saturated rings. The smallest absolute Gasteiger partial charge is 0.165 e. The largest absolute Gasteiger partial charge is 0.372 e. The van der Waals surface area contributed by atoms with E-state index in [1.807, 2.05) is 45.1 Å². The van der Waals surface area contributed by atoms with E-state index in [1.165, 1.54) is 11.8 Å². The van der Waals surface area contributed by atoms with Crippen LogP contribution in [0.25, 0.3) is 0 Å². The number of rotatable bonds is 9. The fourth-order valence-corrected chi connectivity index (χ4v) is 3.45. The van der Waals surface area contributed by atoms with Crippen molar-refractivity contribution in [2.75, 3.05) is 39.8 Å². The summed E-state index contributed by atoms with van der Waals surface area (Å²) in [7, 11) is 1.70. The average Bonchev–Trinajstić information content (AvgIpc) is 2.80. The van der Waals surface area contributed by atoms with Gasteiger partial charge in [0.15, 0.2) is 11.0 Å². The Morgan fingerprint density at radius 2 is 2.09 bits per heavy atom. The van der Waals surface area contributed by atoms with Gasteiger partial charge < -0.3 is 15.1 Å². The van der Waals surface area contributed by atoms with Crippen molar-refractivity contribution < 1.29 is 9.13 Å². The number of hydrogen-bond acceptors (Lipinski definition) is 5. The molecule has 0 amide bonds. The minimum absolute atomic E-state index is 0.114. The van der Waals surface area contributed by atoms with Crippen LogP contribution in [0.5, 0.6) is 0 Å². The third-order valence-electron chi connectivity index (χ3n) is 4.81. The summed E-state index contributed by atoms with van der Waals surface area (Å²) in [6.07, 6.45) is 14.7. The predicted molar refractivity (Wildman–Crippen MR) is 134 cm³/mol. The molecule has 32 heavy (non-hydrogen) atoms. The Morgan fingerprint density at radius 1 is 1.38 bits per heavy atom. The molecule has 1 heterocycles. The van der Waals surface area contributed by atoms with Crippen LogP contribution in [0.4, 0.5) is 4.39 Å². The first-order chi connectivity index (χ1) is 15.6. The second kappa shape index (κ2) is 16.3. The lowest BCUT2D eigenvalue weighted by molar-refractivity contribution is -0.0480.